The predicted octanol–water partition coefficient (Wildman–Crippen LogP) is 4.87. The molecule has 9 heteroatoms. The molecule has 0 unspecified atom stereocenters. The Balaban J connectivity index is 2.30. The topological polar surface area (TPSA) is 89.7 Å². The number of ether oxygens (including phenoxy) is 1. The average Bonchev–Trinajstić information content (AvgIpc) is 2.48. The molecule has 2 rings (SSSR count). The molecule has 23 heavy (non-hydrogen) atoms. The van der Waals surface area contributed by atoms with Gasteiger partial charge in [-0.15, -0.1) is 11.8 Å². The number of carboxylic acids is 1. The number of nitrogens with zero attached hydrogens (tertiary/aromatic N) is 1. The first kappa shape index (κ1) is 17.4. The molecule has 0 aliphatic heterocycles. The zero-order valence-electron chi connectivity index (χ0n) is 11.4. The molecule has 2 aromatic carbocycles. The Hall–Kier alpha value is -1.96. The fourth-order valence-corrected chi connectivity index (χ4v) is 2.86. The smallest absolute Gasteiger partial charge is 0.313 e. The van der Waals surface area contributed by atoms with Gasteiger partial charge in [-0.3, -0.25) is 14.9 Å². The largest absolute Gasteiger partial charge is 0.481 e. The highest BCUT2D eigenvalue weighted by atomic mass is 35.5. The molecule has 120 valence electrons. The number of hydrogen-bond donors (Lipinski definition) is 1. The highest BCUT2D eigenvalue weighted by Gasteiger charge is 2.17. The minimum absolute atomic E-state index is 0.189. The van der Waals surface area contributed by atoms with Crippen molar-refractivity contribution in [1.82, 2.24) is 0 Å². The van der Waals surface area contributed by atoms with E-state index >= 15 is 0 Å². The first-order valence-electron chi connectivity index (χ1n) is 6.13. The third kappa shape index (κ3) is 4.75. The average molecular weight is 374 g/mol. The van der Waals surface area contributed by atoms with Crippen molar-refractivity contribution in [3.8, 4) is 11.5 Å². The van der Waals surface area contributed by atoms with E-state index in [1.807, 2.05) is 0 Å². The molecule has 0 aliphatic rings. The summed E-state index contributed by atoms with van der Waals surface area (Å²) >= 11 is 12.6. The lowest BCUT2D eigenvalue weighted by atomic mass is 10.3. The zero-order valence-corrected chi connectivity index (χ0v) is 13.7. The Morgan fingerprint density at radius 3 is 2.61 bits per heavy atom. The molecule has 0 atom stereocenters. The Kier molecular flexibility index (Phi) is 5.70. The van der Waals surface area contributed by atoms with Crippen molar-refractivity contribution < 1.29 is 19.6 Å². The molecule has 6 nitrogen and oxygen atoms in total. The van der Waals surface area contributed by atoms with Gasteiger partial charge in [0.2, 0.25) is 0 Å². The number of halogens is 2. The molecule has 0 amide bonds. The first-order chi connectivity index (χ1) is 10.9. The number of carbonyl (C=O) groups is 1. The summed E-state index contributed by atoms with van der Waals surface area (Å²) in [6, 6.07) is 8.72. The van der Waals surface area contributed by atoms with E-state index in [9.17, 15) is 14.9 Å². The van der Waals surface area contributed by atoms with E-state index in [0.717, 1.165) is 11.8 Å². The van der Waals surface area contributed by atoms with Crippen molar-refractivity contribution in [2.75, 3.05) is 5.75 Å². The Morgan fingerprint density at radius 1 is 1.26 bits per heavy atom. The maximum atomic E-state index is 11.0. The summed E-state index contributed by atoms with van der Waals surface area (Å²) in [5, 5.41) is 20.5. The van der Waals surface area contributed by atoms with Crippen molar-refractivity contribution in [1.29, 1.82) is 0 Å². The van der Waals surface area contributed by atoms with Crippen molar-refractivity contribution >= 4 is 46.6 Å². The van der Waals surface area contributed by atoms with Crippen LogP contribution in [0.15, 0.2) is 41.3 Å². The van der Waals surface area contributed by atoms with E-state index in [2.05, 4.69) is 0 Å². The summed E-state index contributed by atoms with van der Waals surface area (Å²) in [5.41, 5.74) is -0.189. The van der Waals surface area contributed by atoms with Gasteiger partial charge in [0.1, 0.15) is 11.5 Å². The van der Waals surface area contributed by atoms with Gasteiger partial charge in [-0.25, -0.2) is 0 Å². The van der Waals surface area contributed by atoms with Crippen LogP contribution in [0.4, 0.5) is 5.69 Å². The second-order valence-electron chi connectivity index (χ2n) is 4.25. The Bertz CT molecular complexity index is 769. The molecule has 2 aromatic rings. The number of thioether (sulfide) groups is 1. The molecular weight excluding hydrogens is 365 g/mol. The molecule has 1 N–H and O–H groups in total. The predicted molar refractivity (Wildman–Crippen MR) is 88.0 cm³/mol. The third-order valence-electron chi connectivity index (χ3n) is 2.60. The van der Waals surface area contributed by atoms with Gasteiger partial charge < -0.3 is 9.84 Å². The minimum Gasteiger partial charge on any atom is -0.481 e. The second-order valence-corrected chi connectivity index (χ2v) is 6.11. The SMILES string of the molecule is O=C(O)CSc1cc(Oc2ccc(Cl)cc2Cl)ccc1[N+](=O)[O-]. The number of rotatable bonds is 6. The van der Waals surface area contributed by atoms with E-state index in [1.54, 1.807) is 12.1 Å². The normalized spacial score (nSPS) is 10.3. The van der Waals surface area contributed by atoms with Crippen molar-refractivity contribution in [2.45, 2.75) is 4.90 Å². The minimum atomic E-state index is -1.07. The molecule has 0 aliphatic carbocycles. The van der Waals surface area contributed by atoms with Crippen LogP contribution in [0, 0.1) is 10.1 Å². The molecule has 0 saturated carbocycles. The van der Waals surface area contributed by atoms with Gasteiger partial charge in [0.05, 0.1) is 20.6 Å². The summed E-state index contributed by atoms with van der Waals surface area (Å²) < 4.78 is 5.57. The van der Waals surface area contributed by atoms with Gasteiger partial charge in [-0.1, -0.05) is 23.2 Å². The van der Waals surface area contributed by atoms with E-state index in [-0.39, 0.29) is 21.4 Å². The van der Waals surface area contributed by atoms with E-state index < -0.39 is 10.9 Å². The Morgan fingerprint density at radius 2 is 2.00 bits per heavy atom. The molecule has 0 heterocycles. The third-order valence-corrected chi connectivity index (χ3v) is 4.16. The van der Waals surface area contributed by atoms with Crippen LogP contribution in [0.2, 0.25) is 10.0 Å². The van der Waals surface area contributed by atoms with Gasteiger partial charge in [0.15, 0.2) is 0 Å². The van der Waals surface area contributed by atoms with Crippen LogP contribution in [0.3, 0.4) is 0 Å². The molecule has 0 spiro atoms. The fraction of sp³-hybridized carbons (Fsp3) is 0.0714. The molecule has 0 aromatic heterocycles. The lowest BCUT2D eigenvalue weighted by molar-refractivity contribution is -0.387. The summed E-state index contributed by atoms with van der Waals surface area (Å²) in [6.07, 6.45) is 0. The highest BCUT2D eigenvalue weighted by molar-refractivity contribution is 8.00. The Labute approximate surface area is 145 Å². The number of carboxylic acid groups (broad SMARTS) is 1. The van der Waals surface area contributed by atoms with Crippen LogP contribution < -0.4 is 4.74 Å². The maximum Gasteiger partial charge on any atom is 0.313 e. The van der Waals surface area contributed by atoms with Crippen molar-refractivity contribution in [3.63, 3.8) is 0 Å². The lowest BCUT2D eigenvalue weighted by Gasteiger charge is -2.09. The second kappa shape index (κ2) is 7.54. The van der Waals surface area contributed by atoms with Gasteiger partial charge >= 0.3 is 5.97 Å². The zero-order chi connectivity index (χ0) is 17.0. The van der Waals surface area contributed by atoms with Crippen LogP contribution in [0.25, 0.3) is 0 Å². The van der Waals surface area contributed by atoms with Gasteiger partial charge in [0, 0.05) is 17.2 Å². The van der Waals surface area contributed by atoms with Gasteiger partial charge in [-0.2, -0.15) is 0 Å². The van der Waals surface area contributed by atoms with E-state index in [0.29, 0.717) is 16.5 Å². The fourth-order valence-electron chi connectivity index (χ4n) is 1.65. The number of aliphatic carboxylic acids is 1. The lowest BCUT2D eigenvalue weighted by Crippen LogP contribution is -1.99. The number of hydrogen-bond acceptors (Lipinski definition) is 5. The number of nitro groups is 1. The molecule has 0 bridgehead atoms. The van der Waals surface area contributed by atoms with Crippen molar-refractivity contribution in [3.05, 3.63) is 56.6 Å². The summed E-state index contributed by atoms with van der Waals surface area (Å²) in [4.78, 5) is 21.3. The summed E-state index contributed by atoms with van der Waals surface area (Å²) in [7, 11) is 0. The standard InChI is InChI=1S/C14H9Cl2NO5S/c15-8-1-4-12(10(16)5-8)22-9-2-3-11(17(20)21)13(6-9)23-7-14(18)19/h1-6H,7H2,(H,18,19). The summed E-state index contributed by atoms with van der Waals surface area (Å²) in [6.45, 7) is 0. The first-order valence-corrected chi connectivity index (χ1v) is 7.87. The van der Waals surface area contributed by atoms with Crippen LogP contribution in [-0.2, 0) is 4.79 Å². The van der Waals surface area contributed by atoms with Crippen LogP contribution in [-0.4, -0.2) is 21.8 Å². The van der Waals surface area contributed by atoms with Crippen LogP contribution >= 0.6 is 35.0 Å². The van der Waals surface area contributed by atoms with Gasteiger partial charge in [-0.05, 0) is 24.3 Å². The van der Waals surface area contributed by atoms with E-state index in [4.69, 9.17) is 33.0 Å². The molecule has 0 radical (unpaired) electrons. The molecule has 0 saturated heterocycles. The molecule has 0 fully saturated rings. The van der Waals surface area contributed by atoms with E-state index in [1.165, 1.54) is 24.3 Å². The van der Waals surface area contributed by atoms with Crippen molar-refractivity contribution in [2.24, 2.45) is 0 Å². The van der Waals surface area contributed by atoms with Crippen LogP contribution in [0.1, 0.15) is 0 Å². The highest BCUT2D eigenvalue weighted by Crippen LogP contribution is 2.36. The summed E-state index contributed by atoms with van der Waals surface area (Å²) in [5.74, 6) is -0.741. The van der Waals surface area contributed by atoms with Crippen LogP contribution in [0.5, 0.6) is 11.5 Å². The number of benzene rings is 2. The quantitative estimate of drug-likeness (QED) is 0.441. The molecular formula is C14H9Cl2NO5S. The number of nitro benzene ring substituents is 1. The monoisotopic (exact) mass is 373 g/mol. The maximum absolute atomic E-state index is 11.0. The van der Waals surface area contributed by atoms with Gasteiger partial charge in [0.25, 0.3) is 5.69 Å².